The number of rotatable bonds is 3. The van der Waals surface area contributed by atoms with Gasteiger partial charge in [0.15, 0.2) is 5.65 Å². The molecule has 0 aromatic carbocycles. The van der Waals surface area contributed by atoms with E-state index in [-0.39, 0.29) is 11.8 Å². The highest BCUT2D eigenvalue weighted by Crippen LogP contribution is 2.36. The van der Waals surface area contributed by atoms with Crippen molar-refractivity contribution >= 4 is 35.3 Å². The molecule has 0 atom stereocenters. The fourth-order valence-corrected chi connectivity index (χ4v) is 2.69. The highest BCUT2D eigenvalue weighted by atomic mass is 16.7. The number of carbonyl (C=O) groups excluding carboxylic acids is 1. The Bertz CT molecular complexity index is 797. The van der Waals surface area contributed by atoms with Gasteiger partial charge >= 0.3 is 7.12 Å². The molecule has 2 aromatic heterocycles. The number of aromatic nitrogens is 3. The van der Waals surface area contributed by atoms with E-state index in [4.69, 9.17) is 9.31 Å². The van der Waals surface area contributed by atoms with Crippen molar-refractivity contribution in [3.63, 3.8) is 0 Å². The summed E-state index contributed by atoms with van der Waals surface area (Å²) in [5.74, 6) is 0.733. The van der Waals surface area contributed by atoms with E-state index in [0.717, 1.165) is 23.7 Å². The van der Waals surface area contributed by atoms with Gasteiger partial charge in [-0.25, -0.2) is 4.98 Å². The summed E-state index contributed by atoms with van der Waals surface area (Å²) in [5, 5.41) is 10.7. The van der Waals surface area contributed by atoms with Gasteiger partial charge in [-0.05, 0) is 46.6 Å². The van der Waals surface area contributed by atoms with Crippen molar-refractivity contribution in [2.24, 2.45) is 5.92 Å². The topological polar surface area (TPSA) is 89.1 Å². The first-order valence-electron chi connectivity index (χ1n) is 8.27. The summed E-state index contributed by atoms with van der Waals surface area (Å²) in [6.45, 7) is 8.05. The van der Waals surface area contributed by atoms with Crippen LogP contribution in [-0.4, -0.2) is 39.4 Å². The van der Waals surface area contributed by atoms with Gasteiger partial charge in [-0.15, -0.1) is 0 Å². The van der Waals surface area contributed by atoms with Crippen LogP contribution in [-0.2, 0) is 14.1 Å². The normalized spacial score (nSPS) is 22.1. The molecule has 0 radical (unpaired) electrons. The molecular formula is C16H21BN4O3. The van der Waals surface area contributed by atoms with Crippen molar-refractivity contribution in [2.75, 3.05) is 5.32 Å². The second-order valence-corrected chi connectivity index (χ2v) is 7.59. The second-order valence-electron chi connectivity index (χ2n) is 7.59. The molecule has 2 N–H and O–H groups in total. The van der Waals surface area contributed by atoms with Gasteiger partial charge in [-0.2, -0.15) is 5.10 Å². The fraction of sp³-hybridized carbons (Fsp3) is 0.562. The SMILES string of the molecule is CC1(C)OB(c2cnc3n[nH]c(NC(=O)C4CC4)c3c2)OC1(C)C. The van der Waals surface area contributed by atoms with Gasteiger partial charge in [0, 0.05) is 17.6 Å². The Hall–Kier alpha value is -1.93. The Morgan fingerprint density at radius 1 is 1.29 bits per heavy atom. The standard InChI is InChI=1S/C16H21BN4O3/c1-15(2)16(3,4)24-17(23-15)10-7-11-12(18-8-10)20-21-13(11)19-14(22)9-5-6-9/h7-9H,5-6H2,1-4H3,(H2,18,19,20,21,22). The van der Waals surface area contributed by atoms with Gasteiger partial charge in [-0.3, -0.25) is 9.89 Å². The Morgan fingerprint density at radius 2 is 1.96 bits per heavy atom. The summed E-state index contributed by atoms with van der Waals surface area (Å²) in [6.07, 6.45) is 3.61. The number of hydrogen-bond acceptors (Lipinski definition) is 5. The minimum absolute atomic E-state index is 0.0292. The minimum atomic E-state index is -0.492. The molecule has 0 spiro atoms. The molecule has 126 valence electrons. The number of pyridine rings is 1. The molecule has 2 fully saturated rings. The molecule has 1 amide bonds. The molecule has 1 saturated carbocycles. The predicted octanol–water partition coefficient (Wildman–Crippen LogP) is 1.61. The van der Waals surface area contributed by atoms with Crippen LogP contribution in [0.25, 0.3) is 11.0 Å². The molecule has 3 heterocycles. The first kappa shape index (κ1) is 15.6. The van der Waals surface area contributed by atoms with E-state index in [1.807, 2.05) is 33.8 Å². The summed E-state index contributed by atoms with van der Waals surface area (Å²) in [7, 11) is -0.492. The molecule has 4 rings (SSSR count). The Labute approximate surface area is 140 Å². The van der Waals surface area contributed by atoms with Crippen LogP contribution in [0.1, 0.15) is 40.5 Å². The zero-order valence-corrected chi connectivity index (χ0v) is 14.3. The molecule has 1 saturated heterocycles. The first-order chi connectivity index (χ1) is 11.3. The molecule has 2 aliphatic rings. The van der Waals surface area contributed by atoms with Crippen LogP contribution < -0.4 is 10.8 Å². The Kier molecular flexibility index (Phi) is 3.27. The highest BCUT2D eigenvalue weighted by molar-refractivity contribution is 6.62. The van der Waals surface area contributed by atoms with Gasteiger partial charge in [0.05, 0.1) is 16.6 Å². The zero-order chi connectivity index (χ0) is 17.1. The van der Waals surface area contributed by atoms with E-state index in [1.54, 1.807) is 6.20 Å². The maximum absolute atomic E-state index is 12.0. The lowest BCUT2D eigenvalue weighted by molar-refractivity contribution is -0.117. The maximum atomic E-state index is 12.0. The van der Waals surface area contributed by atoms with Gasteiger partial charge < -0.3 is 14.6 Å². The monoisotopic (exact) mass is 328 g/mol. The van der Waals surface area contributed by atoms with Crippen LogP contribution >= 0.6 is 0 Å². The van der Waals surface area contributed by atoms with Crippen molar-refractivity contribution in [1.29, 1.82) is 0 Å². The van der Waals surface area contributed by atoms with Crippen molar-refractivity contribution in [3.8, 4) is 0 Å². The lowest BCUT2D eigenvalue weighted by Crippen LogP contribution is -2.41. The lowest BCUT2D eigenvalue weighted by atomic mass is 9.80. The van der Waals surface area contributed by atoms with Crippen LogP contribution in [0.15, 0.2) is 12.3 Å². The average molecular weight is 328 g/mol. The van der Waals surface area contributed by atoms with Crippen molar-refractivity contribution in [2.45, 2.75) is 51.7 Å². The predicted molar refractivity (Wildman–Crippen MR) is 91.0 cm³/mol. The molecule has 8 heteroatoms. The van der Waals surface area contributed by atoms with Gasteiger partial charge in [-0.1, -0.05) is 0 Å². The summed E-state index contributed by atoms with van der Waals surface area (Å²) in [5.41, 5.74) is 0.545. The Balaban J connectivity index is 1.64. The molecule has 1 aliphatic heterocycles. The number of aromatic amines is 1. The largest absolute Gasteiger partial charge is 0.496 e. The van der Waals surface area contributed by atoms with E-state index < -0.39 is 18.3 Å². The number of amides is 1. The quantitative estimate of drug-likeness (QED) is 0.836. The van der Waals surface area contributed by atoms with Crippen LogP contribution in [0.4, 0.5) is 5.82 Å². The number of nitrogens with one attached hydrogen (secondary N) is 2. The highest BCUT2D eigenvalue weighted by Gasteiger charge is 2.51. The smallest absolute Gasteiger partial charge is 0.399 e. The first-order valence-corrected chi connectivity index (χ1v) is 8.27. The third-order valence-corrected chi connectivity index (χ3v) is 5.15. The minimum Gasteiger partial charge on any atom is -0.399 e. The maximum Gasteiger partial charge on any atom is 0.496 e. The third-order valence-electron chi connectivity index (χ3n) is 5.15. The number of nitrogens with zero attached hydrogens (tertiary/aromatic N) is 2. The van der Waals surface area contributed by atoms with Crippen LogP contribution in [0.3, 0.4) is 0 Å². The summed E-state index contributed by atoms with van der Waals surface area (Å²) < 4.78 is 12.1. The van der Waals surface area contributed by atoms with Crippen molar-refractivity contribution in [3.05, 3.63) is 12.3 Å². The molecule has 0 bridgehead atoms. The lowest BCUT2D eigenvalue weighted by Gasteiger charge is -2.32. The number of anilines is 1. The van der Waals surface area contributed by atoms with Gasteiger partial charge in [0.25, 0.3) is 0 Å². The van der Waals surface area contributed by atoms with E-state index >= 15 is 0 Å². The van der Waals surface area contributed by atoms with Crippen LogP contribution in [0, 0.1) is 5.92 Å². The summed E-state index contributed by atoms with van der Waals surface area (Å²) >= 11 is 0. The molecule has 2 aromatic rings. The second kappa shape index (κ2) is 5.03. The number of fused-ring (bicyclic) bond motifs is 1. The average Bonchev–Trinajstić information content (AvgIpc) is 3.24. The molecule has 1 aliphatic carbocycles. The molecular weight excluding hydrogens is 307 g/mol. The fourth-order valence-electron chi connectivity index (χ4n) is 2.69. The van der Waals surface area contributed by atoms with E-state index in [9.17, 15) is 4.79 Å². The molecule has 0 unspecified atom stereocenters. The molecule has 24 heavy (non-hydrogen) atoms. The summed E-state index contributed by atoms with van der Waals surface area (Å²) in [4.78, 5) is 16.4. The van der Waals surface area contributed by atoms with E-state index in [0.29, 0.717) is 11.5 Å². The Morgan fingerprint density at radius 3 is 2.58 bits per heavy atom. The van der Waals surface area contributed by atoms with E-state index in [2.05, 4.69) is 20.5 Å². The van der Waals surface area contributed by atoms with Crippen LogP contribution in [0.5, 0.6) is 0 Å². The van der Waals surface area contributed by atoms with E-state index in [1.165, 1.54) is 0 Å². The van der Waals surface area contributed by atoms with Crippen molar-refractivity contribution < 1.29 is 14.1 Å². The van der Waals surface area contributed by atoms with Gasteiger partial charge in [0.2, 0.25) is 5.91 Å². The zero-order valence-electron chi connectivity index (χ0n) is 14.3. The van der Waals surface area contributed by atoms with Crippen LogP contribution in [0.2, 0.25) is 0 Å². The number of H-pyrrole nitrogens is 1. The number of hydrogen-bond donors (Lipinski definition) is 2. The van der Waals surface area contributed by atoms with Gasteiger partial charge in [0.1, 0.15) is 5.82 Å². The molecule has 7 nitrogen and oxygen atoms in total. The third kappa shape index (κ3) is 2.50. The van der Waals surface area contributed by atoms with Crippen molar-refractivity contribution in [1.82, 2.24) is 15.2 Å². The summed E-state index contributed by atoms with van der Waals surface area (Å²) in [6, 6.07) is 1.91. The number of carbonyl (C=O) groups is 1.